The van der Waals surface area contributed by atoms with Gasteiger partial charge in [-0.25, -0.2) is 0 Å². The lowest BCUT2D eigenvalue weighted by Crippen LogP contribution is -2.12. The standard InChI is InChI=1S/C18H38N/c1-4-5-6-7-8-9-10-11-12-13-14-15-16-17-18-19(2)3/h1,4-18H2,2-3H3. The Morgan fingerprint density at radius 3 is 1.16 bits per heavy atom. The summed E-state index contributed by atoms with van der Waals surface area (Å²) in [6.07, 6.45) is 19.7. The van der Waals surface area contributed by atoms with Gasteiger partial charge in [-0.1, -0.05) is 90.4 Å². The lowest BCUT2D eigenvalue weighted by atomic mass is 10.0. The zero-order chi connectivity index (χ0) is 14.2. The van der Waals surface area contributed by atoms with Crippen molar-refractivity contribution in [2.75, 3.05) is 20.6 Å². The van der Waals surface area contributed by atoms with E-state index in [-0.39, 0.29) is 0 Å². The molecule has 0 aromatic heterocycles. The molecule has 0 aromatic rings. The molecule has 1 heteroatoms. The predicted octanol–water partition coefficient (Wildman–Crippen LogP) is 5.84. The average Bonchev–Trinajstić information content (AvgIpc) is 2.39. The van der Waals surface area contributed by atoms with Crippen molar-refractivity contribution in [3.05, 3.63) is 6.92 Å². The second-order valence-corrected chi connectivity index (χ2v) is 6.25. The Bertz CT molecular complexity index is 154. The van der Waals surface area contributed by atoms with Gasteiger partial charge in [-0.3, -0.25) is 0 Å². The molecular weight excluding hydrogens is 230 g/mol. The Hall–Kier alpha value is -0.0400. The van der Waals surface area contributed by atoms with E-state index >= 15 is 0 Å². The molecule has 0 atom stereocenters. The van der Waals surface area contributed by atoms with Crippen LogP contribution in [0.15, 0.2) is 0 Å². The van der Waals surface area contributed by atoms with Crippen molar-refractivity contribution in [1.29, 1.82) is 0 Å². The minimum atomic E-state index is 1.12. The van der Waals surface area contributed by atoms with Crippen molar-refractivity contribution in [1.82, 2.24) is 4.90 Å². The molecule has 0 spiro atoms. The van der Waals surface area contributed by atoms with Gasteiger partial charge < -0.3 is 4.90 Å². The van der Waals surface area contributed by atoms with E-state index < -0.39 is 0 Å². The first-order valence-electron chi connectivity index (χ1n) is 8.71. The van der Waals surface area contributed by atoms with Crippen LogP contribution in [0.2, 0.25) is 0 Å². The molecule has 0 aromatic carbocycles. The number of nitrogens with zero attached hydrogens (tertiary/aromatic N) is 1. The normalized spacial score (nSPS) is 11.4. The molecule has 0 rings (SSSR count). The van der Waals surface area contributed by atoms with E-state index in [0.29, 0.717) is 0 Å². The molecule has 0 aliphatic rings. The fourth-order valence-electron chi connectivity index (χ4n) is 2.55. The molecule has 0 heterocycles. The first-order chi connectivity index (χ1) is 9.27. The van der Waals surface area contributed by atoms with E-state index in [1.165, 1.54) is 90.0 Å². The molecule has 0 bridgehead atoms. The first-order valence-corrected chi connectivity index (χ1v) is 8.71. The maximum absolute atomic E-state index is 3.89. The lowest BCUT2D eigenvalue weighted by molar-refractivity contribution is 0.389. The summed E-state index contributed by atoms with van der Waals surface area (Å²) < 4.78 is 0. The highest BCUT2D eigenvalue weighted by atomic mass is 15.0. The van der Waals surface area contributed by atoms with Gasteiger partial charge in [0.2, 0.25) is 0 Å². The van der Waals surface area contributed by atoms with Gasteiger partial charge in [0.1, 0.15) is 0 Å². The van der Waals surface area contributed by atoms with Crippen LogP contribution in [0.4, 0.5) is 0 Å². The van der Waals surface area contributed by atoms with Gasteiger partial charge in [0.05, 0.1) is 0 Å². The summed E-state index contributed by atoms with van der Waals surface area (Å²) >= 11 is 0. The van der Waals surface area contributed by atoms with Gasteiger partial charge in [-0.05, 0) is 27.1 Å². The average molecular weight is 269 g/mol. The molecule has 0 aliphatic heterocycles. The van der Waals surface area contributed by atoms with E-state index in [9.17, 15) is 0 Å². The van der Waals surface area contributed by atoms with Crippen molar-refractivity contribution in [2.24, 2.45) is 0 Å². The second kappa shape index (κ2) is 16.0. The van der Waals surface area contributed by atoms with Crippen LogP contribution in [0.1, 0.15) is 89.9 Å². The van der Waals surface area contributed by atoms with Crippen LogP contribution in [0.25, 0.3) is 0 Å². The third kappa shape index (κ3) is 18.0. The molecule has 0 saturated heterocycles. The minimum absolute atomic E-state index is 1.12. The van der Waals surface area contributed by atoms with E-state index in [1.54, 1.807) is 0 Å². The summed E-state index contributed by atoms with van der Waals surface area (Å²) in [5, 5.41) is 0. The van der Waals surface area contributed by atoms with Gasteiger partial charge in [0.25, 0.3) is 0 Å². The van der Waals surface area contributed by atoms with Crippen LogP contribution >= 0.6 is 0 Å². The summed E-state index contributed by atoms with van der Waals surface area (Å²) in [6.45, 7) is 5.14. The molecule has 0 amide bonds. The number of hydrogen-bond acceptors (Lipinski definition) is 1. The highest BCUT2D eigenvalue weighted by molar-refractivity contribution is 4.50. The largest absolute Gasteiger partial charge is 0.309 e. The van der Waals surface area contributed by atoms with Gasteiger partial charge in [-0.15, -0.1) is 0 Å². The second-order valence-electron chi connectivity index (χ2n) is 6.25. The van der Waals surface area contributed by atoms with Crippen LogP contribution in [0, 0.1) is 6.92 Å². The van der Waals surface area contributed by atoms with Crippen LogP contribution in [-0.2, 0) is 0 Å². The van der Waals surface area contributed by atoms with E-state index in [2.05, 4.69) is 25.9 Å². The maximum Gasteiger partial charge on any atom is -0.00248 e. The monoisotopic (exact) mass is 268 g/mol. The van der Waals surface area contributed by atoms with Crippen molar-refractivity contribution in [3.63, 3.8) is 0 Å². The number of rotatable bonds is 15. The van der Waals surface area contributed by atoms with Crippen LogP contribution < -0.4 is 0 Å². The Kier molecular flexibility index (Phi) is 16.0. The Morgan fingerprint density at radius 2 is 0.842 bits per heavy atom. The van der Waals surface area contributed by atoms with Gasteiger partial charge >= 0.3 is 0 Å². The summed E-state index contributed by atoms with van der Waals surface area (Å²) in [5.41, 5.74) is 0. The quantitative estimate of drug-likeness (QED) is 0.337. The summed E-state index contributed by atoms with van der Waals surface area (Å²) in [6, 6.07) is 0. The maximum atomic E-state index is 3.89. The van der Waals surface area contributed by atoms with E-state index in [4.69, 9.17) is 0 Å². The molecule has 0 saturated carbocycles. The molecule has 115 valence electrons. The first kappa shape index (κ1) is 19.0. The third-order valence-electron chi connectivity index (χ3n) is 3.86. The Labute approximate surface area is 123 Å². The Morgan fingerprint density at radius 1 is 0.526 bits per heavy atom. The molecule has 0 unspecified atom stereocenters. The molecule has 19 heavy (non-hydrogen) atoms. The van der Waals surface area contributed by atoms with Crippen molar-refractivity contribution >= 4 is 0 Å². The predicted molar refractivity (Wildman–Crippen MR) is 88.5 cm³/mol. The number of unbranched alkanes of at least 4 members (excludes halogenated alkanes) is 13. The fourth-order valence-corrected chi connectivity index (χ4v) is 2.55. The summed E-state index contributed by atoms with van der Waals surface area (Å²) in [5.74, 6) is 0. The summed E-state index contributed by atoms with van der Waals surface area (Å²) in [4.78, 5) is 2.29. The van der Waals surface area contributed by atoms with Gasteiger partial charge in [0, 0.05) is 0 Å². The zero-order valence-corrected chi connectivity index (χ0v) is 13.8. The van der Waals surface area contributed by atoms with Crippen molar-refractivity contribution in [3.8, 4) is 0 Å². The minimum Gasteiger partial charge on any atom is -0.309 e. The molecule has 1 nitrogen and oxygen atoms in total. The smallest absolute Gasteiger partial charge is 0.00248 e. The zero-order valence-electron chi connectivity index (χ0n) is 13.8. The van der Waals surface area contributed by atoms with E-state index in [0.717, 1.165) is 6.42 Å². The Balaban J connectivity index is 2.91. The molecule has 0 N–H and O–H groups in total. The SMILES string of the molecule is [CH2]CCCCCCCCCCCCCCCN(C)C. The van der Waals surface area contributed by atoms with Crippen molar-refractivity contribution in [2.45, 2.75) is 89.9 Å². The lowest BCUT2D eigenvalue weighted by Gasteiger charge is -2.08. The van der Waals surface area contributed by atoms with Crippen LogP contribution in [0.3, 0.4) is 0 Å². The van der Waals surface area contributed by atoms with Crippen molar-refractivity contribution < 1.29 is 0 Å². The third-order valence-corrected chi connectivity index (χ3v) is 3.86. The van der Waals surface area contributed by atoms with Crippen LogP contribution in [-0.4, -0.2) is 25.5 Å². The number of hydrogen-bond donors (Lipinski definition) is 0. The highest BCUT2D eigenvalue weighted by Gasteiger charge is 1.94. The highest BCUT2D eigenvalue weighted by Crippen LogP contribution is 2.12. The van der Waals surface area contributed by atoms with E-state index in [1.807, 2.05) is 0 Å². The van der Waals surface area contributed by atoms with Crippen LogP contribution in [0.5, 0.6) is 0 Å². The molecular formula is C18H38N. The van der Waals surface area contributed by atoms with Gasteiger partial charge in [-0.2, -0.15) is 0 Å². The van der Waals surface area contributed by atoms with Gasteiger partial charge in [0.15, 0.2) is 0 Å². The summed E-state index contributed by atoms with van der Waals surface area (Å²) in [7, 11) is 4.33. The molecule has 1 radical (unpaired) electrons. The fraction of sp³-hybridized carbons (Fsp3) is 0.944. The topological polar surface area (TPSA) is 3.24 Å². The molecule has 0 aliphatic carbocycles. The molecule has 0 fully saturated rings.